The van der Waals surface area contributed by atoms with Gasteiger partial charge in [0.25, 0.3) is 11.5 Å². The molecule has 0 saturated heterocycles. The van der Waals surface area contributed by atoms with E-state index in [0.717, 1.165) is 11.3 Å². The Labute approximate surface area is 161 Å². The minimum atomic E-state index is -0.241. The number of benzene rings is 2. The number of rotatable bonds is 6. The van der Waals surface area contributed by atoms with E-state index >= 15 is 0 Å². The van der Waals surface area contributed by atoms with Gasteiger partial charge in [0.05, 0.1) is 18.0 Å². The van der Waals surface area contributed by atoms with Crippen LogP contribution in [0.15, 0.2) is 59.9 Å². The van der Waals surface area contributed by atoms with Crippen LogP contribution < -0.4 is 15.6 Å². The van der Waals surface area contributed by atoms with Crippen LogP contribution in [0.3, 0.4) is 0 Å². The summed E-state index contributed by atoms with van der Waals surface area (Å²) in [5.41, 5.74) is 1.68. The lowest BCUT2D eigenvalue weighted by Crippen LogP contribution is -2.24. The Morgan fingerprint density at radius 1 is 1.33 bits per heavy atom. The number of hydrogen-bond acceptors (Lipinski definition) is 4. The van der Waals surface area contributed by atoms with Gasteiger partial charge in [-0.05, 0) is 48.1 Å². The van der Waals surface area contributed by atoms with Crippen molar-refractivity contribution < 1.29 is 9.53 Å². The number of amides is 1. The number of nitrogens with one attached hydrogen (secondary N) is 2. The summed E-state index contributed by atoms with van der Waals surface area (Å²) in [6.45, 7) is 4.32. The average molecular weight is 381 g/mol. The van der Waals surface area contributed by atoms with E-state index in [0.29, 0.717) is 34.3 Å². The highest BCUT2D eigenvalue weighted by Gasteiger charge is 2.10. The first-order chi connectivity index (χ1) is 13.0. The van der Waals surface area contributed by atoms with E-state index in [4.69, 9.17) is 17.0 Å². The summed E-state index contributed by atoms with van der Waals surface area (Å²) in [6.07, 6.45) is 1.61. The van der Waals surface area contributed by atoms with Crippen molar-refractivity contribution in [3.05, 3.63) is 81.4 Å². The first kappa shape index (κ1) is 18.6. The molecule has 0 saturated carbocycles. The van der Waals surface area contributed by atoms with Crippen molar-refractivity contribution in [1.29, 1.82) is 0 Å². The summed E-state index contributed by atoms with van der Waals surface area (Å²) in [5, 5.41) is 3.33. The normalized spacial score (nSPS) is 10.6. The van der Waals surface area contributed by atoms with Crippen LogP contribution in [0.25, 0.3) is 10.9 Å². The summed E-state index contributed by atoms with van der Waals surface area (Å²) in [7, 11) is 1.60. The molecule has 27 heavy (non-hydrogen) atoms. The predicted octanol–water partition coefficient (Wildman–Crippen LogP) is 3.18. The SMILES string of the molecule is C=CCn1c(=S)[nH]c2cc(C(=O)NCc3cccc(OC)c3)ccc2c1=O. The van der Waals surface area contributed by atoms with Crippen LogP contribution in [0.5, 0.6) is 5.75 Å². The Kier molecular flexibility index (Phi) is 5.52. The smallest absolute Gasteiger partial charge is 0.262 e. The van der Waals surface area contributed by atoms with Crippen LogP contribution in [-0.2, 0) is 13.1 Å². The van der Waals surface area contributed by atoms with E-state index in [9.17, 15) is 9.59 Å². The van der Waals surface area contributed by atoms with Crippen molar-refractivity contribution in [1.82, 2.24) is 14.9 Å². The topological polar surface area (TPSA) is 76.1 Å². The van der Waals surface area contributed by atoms with E-state index < -0.39 is 0 Å². The molecule has 2 aromatic carbocycles. The summed E-state index contributed by atoms with van der Waals surface area (Å²) in [5.74, 6) is 0.491. The molecule has 6 nitrogen and oxygen atoms in total. The quantitative estimate of drug-likeness (QED) is 0.508. The number of aromatic nitrogens is 2. The van der Waals surface area contributed by atoms with Gasteiger partial charge in [0, 0.05) is 18.7 Å². The zero-order valence-electron chi connectivity index (χ0n) is 14.8. The number of carbonyl (C=O) groups excluding carboxylic acids is 1. The molecule has 1 aromatic heterocycles. The van der Waals surface area contributed by atoms with E-state index in [2.05, 4.69) is 16.9 Å². The fraction of sp³-hybridized carbons (Fsp3) is 0.150. The van der Waals surface area contributed by atoms with Gasteiger partial charge in [-0.2, -0.15) is 0 Å². The number of carbonyl (C=O) groups is 1. The van der Waals surface area contributed by atoms with Gasteiger partial charge < -0.3 is 15.0 Å². The van der Waals surface area contributed by atoms with Crippen LogP contribution >= 0.6 is 12.2 Å². The third-order valence-electron chi connectivity index (χ3n) is 4.14. The zero-order chi connectivity index (χ0) is 19.4. The maximum atomic E-state index is 12.5. The standard InChI is InChI=1S/C20H19N3O3S/c1-3-9-23-19(25)16-8-7-14(11-17(16)22-20(23)27)18(24)21-12-13-5-4-6-15(10-13)26-2/h3-8,10-11H,1,9,12H2,2H3,(H,21,24)(H,22,27). The predicted molar refractivity (Wildman–Crippen MR) is 108 cm³/mol. The van der Waals surface area contributed by atoms with E-state index in [1.54, 1.807) is 31.4 Å². The molecule has 2 N–H and O–H groups in total. The van der Waals surface area contributed by atoms with E-state index in [-0.39, 0.29) is 11.5 Å². The number of ether oxygens (including phenoxy) is 1. The fourth-order valence-corrected chi connectivity index (χ4v) is 3.02. The highest BCUT2D eigenvalue weighted by Crippen LogP contribution is 2.14. The van der Waals surface area contributed by atoms with E-state index in [1.807, 2.05) is 24.3 Å². The van der Waals surface area contributed by atoms with Crippen LogP contribution in [0, 0.1) is 4.77 Å². The Morgan fingerprint density at radius 2 is 2.15 bits per heavy atom. The minimum Gasteiger partial charge on any atom is -0.497 e. The molecule has 1 amide bonds. The van der Waals surface area contributed by atoms with Gasteiger partial charge >= 0.3 is 0 Å². The minimum absolute atomic E-state index is 0.211. The molecule has 0 atom stereocenters. The highest BCUT2D eigenvalue weighted by molar-refractivity contribution is 7.71. The van der Waals surface area contributed by atoms with Gasteiger partial charge in [-0.3, -0.25) is 14.2 Å². The summed E-state index contributed by atoms with van der Waals surface area (Å²) in [4.78, 5) is 28.0. The average Bonchev–Trinajstić information content (AvgIpc) is 2.69. The molecule has 138 valence electrons. The first-order valence-electron chi connectivity index (χ1n) is 8.32. The number of nitrogens with zero attached hydrogens (tertiary/aromatic N) is 1. The number of hydrogen-bond donors (Lipinski definition) is 2. The lowest BCUT2D eigenvalue weighted by atomic mass is 10.1. The summed E-state index contributed by atoms with van der Waals surface area (Å²) in [6, 6.07) is 12.4. The molecule has 3 rings (SSSR count). The molecule has 0 unspecified atom stereocenters. The first-order valence-corrected chi connectivity index (χ1v) is 8.73. The lowest BCUT2D eigenvalue weighted by molar-refractivity contribution is 0.0951. The second-order valence-electron chi connectivity index (χ2n) is 5.93. The number of methoxy groups -OCH3 is 1. The second-order valence-corrected chi connectivity index (χ2v) is 6.32. The molecule has 7 heteroatoms. The van der Waals surface area contributed by atoms with Crippen LogP contribution in [0.4, 0.5) is 0 Å². The molecule has 1 heterocycles. The van der Waals surface area contributed by atoms with Crippen LogP contribution in [0.1, 0.15) is 15.9 Å². The van der Waals surface area contributed by atoms with Gasteiger partial charge in [0.1, 0.15) is 5.75 Å². The molecule has 0 aliphatic carbocycles. The molecule has 0 aliphatic rings. The molecular weight excluding hydrogens is 362 g/mol. The Morgan fingerprint density at radius 3 is 2.89 bits per heavy atom. The van der Waals surface area contributed by atoms with Gasteiger partial charge in [-0.1, -0.05) is 18.2 Å². The van der Waals surface area contributed by atoms with Crippen molar-refractivity contribution in [2.45, 2.75) is 13.1 Å². The van der Waals surface area contributed by atoms with Crippen molar-refractivity contribution in [2.75, 3.05) is 7.11 Å². The lowest BCUT2D eigenvalue weighted by Gasteiger charge is -2.09. The van der Waals surface area contributed by atoms with Crippen molar-refractivity contribution in [3.63, 3.8) is 0 Å². The van der Waals surface area contributed by atoms with Crippen molar-refractivity contribution >= 4 is 29.0 Å². The Hall–Kier alpha value is -3.19. The van der Waals surface area contributed by atoms with Crippen molar-refractivity contribution in [2.24, 2.45) is 0 Å². The molecule has 0 bridgehead atoms. The largest absolute Gasteiger partial charge is 0.497 e. The van der Waals surface area contributed by atoms with Crippen molar-refractivity contribution in [3.8, 4) is 5.75 Å². The molecular formula is C20H19N3O3S. The summed E-state index contributed by atoms with van der Waals surface area (Å²) < 4.78 is 6.90. The Bertz CT molecular complexity index is 1130. The molecule has 3 aromatic rings. The van der Waals surface area contributed by atoms with Gasteiger partial charge in [-0.25, -0.2) is 0 Å². The third kappa shape index (κ3) is 3.98. The summed E-state index contributed by atoms with van der Waals surface area (Å²) >= 11 is 5.23. The molecule has 0 fully saturated rings. The third-order valence-corrected chi connectivity index (χ3v) is 4.47. The maximum Gasteiger partial charge on any atom is 0.262 e. The molecule has 0 aliphatic heterocycles. The fourth-order valence-electron chi connectivity index (χ4n) is 2.76. The van der Waals surface area contributed by atoms with Crippen LogP contribution in [-0.4, -0.2) is 22.6 Å². The highest BCUT2D eigenvalue weighted by atomic mass is 32.1. The number of allylic oxidation sites excluding steroid dienone is 1. The molecule has 0 spiro atoms. The van der Waals surface area contributed by atoms with Gasteiger partial charge in [0.2, 0.25) is 0 Å². The second kappa shape index (κ2) is 8.01. The molecule has 0 radical (unpaired) electrons. The van der Waals surface area contributed by atoms with Gasteiger partial charge in [0.15, 0.2) is 4.77 Å². The van der Waals surface area contributed by atoms with Crippen LogP contribution in [0.2, 0.25) is 0 Å². The maximum absolute atomic E-state index is 12.5. The number of H-pyrrole nitrogens is 1. The number of fused-ring (bicyclic) bond motifs is 1. The zero-order valence-corrected chi connectivity index (χ0v) is 15.6. The Balaban J connectivity index is 1.85. The monoisotopic (exact) mass is 381 g/mol. The van der Waals surface area contributed by atoms with Gasteiger partial charge in [-0.15, -0.1) is 6.58 Å². The van der Waals surface area contributed by atoms with E-state index in [1.165, 1.54) is 4.57 Å². The number of aromatic amines is 1.